The molecule has 3 aromatic rings. The standard InChI is InChI=1S/C38H37NO.C2H6.C2H4/c1-8-11-12-25(4)31(9-2)37(29-15-17-30(40)18-16-29)32(10-3)26(5)21-27-13-19-33-34-20-14-28(24-39)23-36(34)38(6,7)35(33)22-27;2*1-2/h8-23,40H,3H2,1-2,4-7H3;1-2H3;1-2H2/b11-8-,25-12-,26-21+,31-9-,37-32-;;. The van der Waals surface area contributed by atoms with Gasteiger partial charge in [0, 0.05) is 5.41 Å². The number of phenolic OH excluding ortho intramolecular Hbond substituents is 1. The van der Waals surface area contributed by atoms with Gasteiger partial charge in [0.05, 0.1) is 11.6 Å². The van der Waals surface area contributed by atoms with Crippen molar-refractivity contribution in [3.63, 3.8) is 0 Å². The number of phenols is 1. The summed E-state index contributed by atoms with van der Waals surface area (Å²) in [6.45, 7) is 27.0. The van der Waals surface area contributed by atoms with E-state index in [1.807, 2.05) is 63.3 Å². The molecular formula is C42H47NO. The average Bonchev–Trinajstić information content (AvgIpc) is 3.27. The summed E-state index contributed by atoms with van der Waals surface area (Å²) in [5, 5.41) is 19.4. The lowest BCUT2D eigenvalue weighted by molar-refractivity contribution is 0.475. The molecule has 0 fully saturated rings. The van der Waals surface area contributed by atoms with Crippen molar-refractivity contribution >= 4 is 11.6 Å². The molecule has 4 rings (SSSR count). The third-order valence-corrected chi connectivity index (χ3v) is 7.79. The van der Waals surface area contributed by atoms with E-state index in [1.165, 1.54) is 22.3 Å². The first-order valence-corrected chi connectivity index (χ1v) is 15.2. The minimum atomic E-state index is -0.198. The lowest BCUT2D eigenvalue weighted by Crippen LogP contribution is -2.15. The molecule has 0 saturated carbocycles. The van der Waals surface area contributed by atoms with Crippen molar-refractivity contribution in [2.75, 3.05) is 0 Å². The van der Waals surface area contributed by atoms with Crippen molar-refractivity contribution < 1.29 is 5.11 Å². The van der Waals surface area contributed by atoms with E-state index >= 15 is 0 Å². The van der Waals surface area contributed by atoms with E-state index in [1.54, 1.807) is 12.1 Å². The molecule has 0 spiro atoms. The largest absolute Gasteiger partial charge is 0.508 e. The Balaban J connectivity index is 0.00000162. The predicted molar refractivity (Wildman–Crippen MR) is 193 cm³/mol. The summed E-state index contributed by atoms with van der Waals surface area (Å²) >= 11 is 0. The highest BCUT2D eigenvalue weighted by Crippen LogP contribution is 2.49. The molecule has 0 aliphatic heterocycles. The monoisotopic (exact) mass is 581 g/mol. The van der Waals surface area contributed by atoms with Crippen molar-refractivity contribution in [1.82, 2.24) is 0 Å². The molecule has 0 saturated heterocycles. The zero-order valence-corrected chi connectivity index (χ0v) is 27.8. The first kappa shape index (κ1) is 35.3. The number of hydrogen-bond acceptors (Lipinski definition) is 2. The number of hydrogen-bond donors (Lipinski definition) is 1. The molecule has 0 heterocycles. The second-order valence-electron chi connectivity index (χ2n) is 10.7. The van der Waals surface area contributed by atoms with E-state index in [-0.39, 0.29) is 11.2 Å². The molecule has 0 radical (unpaired) electrons. The maximum Gasteiger partial charge on any atom is 0.115 e. The van der Waals surface area contributed by atoms with Crippen molar-refractivity contribution in [3.05, 3.63) is 161 Å². The van der Waals surface area contributed by atoms with E-state index in [0.29, 0.717) is 5.56 Å². The molecule has 0 bridgehead atoms. The van der Waals surface area contributed by atoms with Crippen LogP contribution in [0.3, 0.4) is 0 Å². The molecule has 2 heteroatoms. The molecule has 0 amide bonds. The van der Waals surface area contributed by atoms with E-state index in [0.717, 1.165) is 39.0 Å². The summed E-state index contributed by atoms with van der Waals surface area (Å²) in [6, 6.07) is 22.3. The number of aromatic hydroxyl groups is 1. The highest BCUT2D eigenvalue weighted by Gasteiger charge is 2.35. The van der Waals surface area contributed by atoms with Crippen LogP contribution in [0.2, 0.25) is 0 Å². The number of rotatable bonds is 7. The second kappa shape index (κ2) is 16.1. The van der Waals surface area contributed by atoms with Crippen LogP contribution in [0.4, 0.5) is 0 Å². The Hall–Kier alpha value is -4.87. The number of nitrogens with zero attached hydrogens (tertiary/aromatic N) is 1. The summed E-state index contributed by atoms with van der Waals surface area (Å²) in [7, 11) is 0. The lowest BCUT2D eigenvalue weighted by atomic mass is 9.81. The first-order chi connectivity index (χ1) is 21.2. The van der Waals surface area contributed by atoms with Gasteiger partial charge in [-0.05, 0) is 113 Å². The van der Waals surface area contributed by atoms with Gasteiger partial charge in [-0.1, -0.05) is 107 Å². The van der Waals surface area contributed by atoms with Crippen LogP contribution in [0.25, 0.3) is 22.8 Å². The van der Waals surface area contributed by atoms with Gasteiger partial charge >= 0.3 is 0 Å². The molecule has 2 nitrogen and oxygen atoms in total. The maximum absolute atomic E-state index is 9.97. The van der Waals surface area contributed by atoms with Crippen LogP contribution in [0.1, 0.15) is 83.2 Å². The quantitative estimate of drug-likeness (QED) is 0.223. The Labute approximate surface area is 266 Å². The Kier molecular flexibility index (Phi) is 12.9. The smallest absolute Gasteiger partial charge is 0.115 e. The Bertz CT molecular complexity index is 1680. The Morgan fingerprint density at radius 3 is 2.00 bits per heavy atom. The normalized spacial score (nSPS) is 14.2. The highest BCUT2D eigenvalue weighted by atomic mass is 16.3. The highest BCUT2D eigenvalue weighted by molar-refractivity contribution is 5.90. The van der Waals surface area contributed by atoms with Gasteiger partial charge in [-0.3, -0.25) is 0 Å². The van der Waals surface area contributed by atoms with Gasteiger partial charge in [-0.2, -0.15) is 5.26 Å². The zero-order valence-electron chi connectivity index (χ0n) is 27.8. The van der Waals surface area contributed by atoms with Gasteiger partial charge in [-0.15, -0.1) is 13.2 Å². The summed E-state index contributed by atoms with van der Waals surface area (Å²) in [4.78, 5) is 0. The maximum atomic E-state index is 9.97. The topological polar surface area (TPSA) is 44.0 Å². The zero-order chi connectivity index (χ0) is 33.0. The van der Waals surface area contributed by atoms with Gasteiger partial charge in [-0.25, -0.2) is 0 Å². The number of benzene rings is 3. The van der Waals surface area contributed by atoms with Crippen LogP contribution in [-0.2, 0) is 5.41 Å². The fraction of sp³-hybridized carbons (Fsp3) is 0.214. The number of allylic oxidation sites excluding steroid dienone is 10. The summed E-state index contributed by atoms with van der Waals surface area (Å²) < 4.78 is 0. The first-order valence-electron chi connectivity index (χ1n) is 15.2. The number of fused-ring (bicyclic) bond motifs is 3. The van der Waals surface area contributed by atoms with Crippen LogP contribution in [0, 0.1) is 11.3 Å². The van der Waals surface area contributed by atoms with Crippen LogP contribution >= 0.6 is 0 Å². The van der Waals surface area contributed by atoms with Gasteiger partial charge < -0.3 is 5.11 Å². The van der Waals surface area contributed by atoms with Crippen molar-refractivity contribution in [1.29, 1.82) is 5.26 Å². The molecule has 1 aliphatic rings. The molecule has 1 aliphatic carbocycles. The minimum Gasteiger partial charge on any atom is -0.508 e. The van der Waals surface area contributed by atoms with Crippen LogP contribution in [0.15, 0.2) is 133 Å². The predicted octanol–water partition coefficient (Wildman–Crippen LogP) is 11.9. The molecule has 226 valence electrons. The van der Waals surface area contributed by atoms with Crippen LogP contribution in [-0.4, -0.2) is 5.11 Å². The van der Waals surface area contributed by atoms with Crippen molar-refractivity contribution in [2.24, 2.45) is 0 Å². The summed E-state index contributed by atoms with van der Waals surface area (Å²) in [5.74, 6) is 0.238. The molecular weight excluding hydrogens is 534 g/mol. The van der Waals surface area contributed by atoms with Crippen molar-refractivity contribution in [2.45, 2.75) is 60.8 Å². The van der Waals surface area contributed by atoms with E-state index < -0.39 is 0 Å². The molecule has 0 unspecified atom stereocenters. The third kappa shape index (κ3) is 7.36. The SMILES string of the molecule is C=C.C=CC(=C(C(=C\C)/C(C)=C\C=C/C)\c1ccc(O)cc1)/C(C)=C/c1ccc2c(c1)C(C)(C)c1cc(C#N)ccc1-2.CC. The van der Waals surface area contributed by atoms with Gasteiger partial charge in [0.2, 0.25) is 0 Å². The Morgan fingerprint density at radius 2 is 1.45 bits per heavy atom. The lowest BCUT2D eigenvalue weighted by Gasteiger charge is -2.22. The number of nitriles is 1. The van der Waals surface area contributed by atoms with Crippen molar-refractivity contribution in [3.8, 4) is 22.9 Å². The summed E-state index contributed by atoms with van der Waals surface area (Å²) in [5.41, 5.74) is 13.0. The molecule has 0 atom stereocenters. The fourth-order valence-corrected chi connectivity index (χ4v) is 5.69. The molecule has 44 heavy (non-hydrogen) atoms. The van der Waals surface area contributed by atoms with Crippen LogP contribution < -0.4 is 0 Å². The molecule has 0 aromatic heterocycles. The van der Waals surface area contributed by atoms with E-state index in [4.69, 9.17) is 0 Å². The Morgan fingerprint density at radius 1 is 0.864 bits per heavy atom. The van der Waals surface area contributed by atoms with Crippen LogP contribution in [0.5, 0.6) is 5.75 Å². The minimum absolute atomic E-state index is 0.198. The molecule has 3 aromatic carbocycles. The van der Waals surface area contributed by atoms with E-state index in [9.17, 15) is 10.4 Å². The van der Waals surface area contributed by atoms with E-state index in [2.05, 4.69) is 103 Å². The van der Waals surface area contributed by atoms with Gasteiger partial charge in [0.1, 0.15) is 5.75 Å². The second-order valence-corrected chi connectivity index (χ2v) is 10.7. The average molecular weight is 582 g/mol. The summed E-state index contributed by atoms with van der Waals surface area (Å²) in [6.07, 6.45) is 12.5. The fourth-order valence-electron chi connectivity index (χ4n) is 5.69. The van der Waals surface area contributed by atoms with Gasteiger partial charge in [0.25, 0.3) is 0 Å². The van der Waals surface area contributed by atoms with Gasteiger partial charge in [0.15, 0.2) is 0 Å². The third-order valence-electron chi connectivity index (χ3n) is 7.79. The molecule has 1 N–H and O–H groups in total.